The molecule has 2 rings (SSSR count). The number of benzene rings is 1. The fourth-order valence-electron chi connectivity index (χ4n) is 1.99. The van der Waals surface area contributed by atoms with Gasteiger partial charge in [0.05, 0.1) is 19.8 Å². The first-order valence-electron chi connectivity index (χ1n) is 6.56. The largest absolute Gasteiger partial charge is 0.497 e. The summed E-state index contributed by atoms with van der Waals surface area (Å²) in [7, 11) is 2.93. The average molecular weight is 287 g/mol. The number of pyridine rings is 1. The number of aromatic nitrogens is 1. The molecule has 1 heterocycles. The lowest BCUT2D eigenvalue weighted by molar-refractivity contribution is 0.0599. The van der Waals surface area contributed by atoms with Crippen molar-refractivity contribution in [1.82, 2.24) is 4.57 Å². The van der Waals surface area contributed by atoms with Crippen molar-refractivity contribution in [2.45, 2.75) is 13.0 Å². The molecule has 0 aliphatic heterocycles. The summed E-state index contributed by atoms with van der Waals surface area (Å²) in [6.45, 7) is 0.496. The summed E-state index contributed by atoms with van der Waals surface area (Å²) in [6, 6.07) is 10.5. The summed E-state index contributed by atoms with van der Waals surface area (Å²) in [5, 5.41) is 0. The van der Waals surface area contributed by atoms with Crippen LogP contribution in [-0.4, -0.2) is 24.8 Å². The maximum Gasteiger partial charge on any atom is 0.339 e. The Morgan fingerprint density at radius 3 is 2.43 bits per heavy atom. The summed E-state index contributed by atoms with van der Waals surface area (Å²) < 4.78 is 11.3. The van der Waals surface area contributed by atoms with Crippen molar-refractivity contribution in [1.29, 1.82) is 0 Å². The van der Waals surface area contributed by atoms with Gasteiger partial charge in [0.1, 0.15) is 5.75 Å². The van der Waals surface area contributed by atoms with E-state index < -0.39 is 5.97 Å². The molecule has 0 bridgehead atoms. The van der Waals surface area contributed by atoms with Crippen molar-refractivity contribution in [3.63, 3.8) is 0 Å². The van der Waals surface area contributed by atoms with Gasteiger partial charge in [0.15, 0.2) is 0 Å². The molecule has 0 N–H and O–H groups in total. The molecule has 1 aromatic carbocycles. The van der Waals surface area contributed by atoms with Crippen LogP contribution in [0.15, 0.2) is 47.4 Å². The van der Waals surface area contributed by atoms with E-state index in [-0.39, 0.29) is 5.56 Å². The monoisotopic (exact) mass is 287 g/mol. The number of esters is 1. The van der Waals surface area contributed by atoms with E-state index in [1.165, 1.54) is 30.0 Å². The summed E-state index contributed by atoms with van der Waals surface area (Å²) in [6.07, 6.45) is 2.21. The van der Waals surface area contributed by atoms with Crippen LogP contribution < -0.4 is 10.3 Å². The van der Waals surface area contributed by atoms with Gasteiger partial charge in [0.2, 0.25) is 0 Å². The van der Waals surface area contributed by atoms with Crippen LogP contribution >= 0.6 is 0 Å². The molecule has 0 radical (unpaired) electrons. The minimum absolute atomic E-state index is 0.142. The summed E-state index contributed by atoms with van der Waals surface area (Å²) in [5.41, 5.74) is 1.31. The van der Waals surface area contributed by atoms with Gasteiger partial charge >= 0.3 is 5.97 Å². The molecule has 5 nitrogen and oxygen atoms in total. The van der Waals surface area contributed by atoms with Gasteiger partial charge in [-0.05, 0) is 30.2 Å². The highest BCUT2D eigenvalue weighted by Gasteiger charge is 2.07. The minimum atomic E-state index is -0.451. The van der Waals surface area contributed by atoms with Gasteiger partial charge in [-0.3, -0.25) is 4.79 Å². The third-order valence-electron chi connectivity index (χ3n) is 3.21. The van der Waals surface area contributed by atoms with Crippen LogP contribution in [0.4, 0.5) is 0 Å². The Morgan fingerprint density at radius 1 is 1.10 bits per heavy atom. The van der Waals surface area contributed by atoms with Crippen LogP contribution in [-0.2, 0) is 17.7 Å². The quantitative estimate of drug-likeness (QED) is 0.788. The van der Waals surface area contributed by atoms with Crippen molar-refractivity contribution < 1.29 is 14.3 Å². The van der Waals surface area contributed by atoms with Crippen LogP contribution in [0.25, 0.3) is 0 Å². The zero-order chi connectivity index (χ0) is 15.2. The van der Waals surface area contributed by atoms with Crippen molar-refractivity contribution >= 4 is 5.97 Å². The number of carbonyl (C=O) groups excluding carboxylic acids is 1. The van der Waals surface area contributed by atoms with Crippen molar-refractivity contribution in [3.8, 4) is 5.75 Å². The maximum atomic E-state index is 11.8. The molecule has 0 aliphatic rings. The van der Waals surface area contributed by atoms with E-state index in [4.69, 9.17) is 4.74 Å². The smallest absolute Gasteiger partial charge is 0.339 e. The first-order chi connectivity index (χ1) is 10.1. The van der Waals surface area contributed by atoms with Crippen LogP contribution in [0.2, 0.25) is 0 Å². The second-order valence-corrected chi connectivity index (χ2v) is 4.54. The lowest BCUT2D eigenvalue weighted by Crippen LogP contribution is -2.21. The lowest BCUT2D eigenvalue weighted by atomic mass is 10.1. The van der Waals surface area contributed by atoms with Crippen LogP contribution in [0.5, 0.6) is 5.75 Å². The Kier molecular flexibility index (Phi) is 4.77. The molecular formula is C16H17NO4. The molecule has 1 aromatic heterocycles. The first kappa shape index (κ1) is 14.8. The van der Waals surface area contributed by atoms with Crippen molar-refractivity contribution in [3.05, 3.63) is 64.1 Å². The first-order valence-corrected chi connectivity index (χ1v) is 6.56. The Hall–Kier alpha value is -2.56. The predicted octanol–water partition coefficient (Wildman–Crippen LogP) is 1.89. The summed E-state index contributed by atoms with van der Waals surface area (Å²) >= 11 is 0. The zero-order valence-corrected chi connectivity index (χ0v) is 12.0. The Balaban J connectivity index is 2.11. The number of hydrogen-bond acceptors (Lipinski definition) is 4. The number of nitrogens with zero attached hydrogens (tertiary/aromatic N) is 1. The van der Waals surface area contributed by atoms with E-state index >= 15 is 0 Å². The molecule has 0 amide bonds. The third kappa shape index (κ3) is 3.72. The van der Waals surface area contributed by atoms with E-state index in [9.17, 15) is 9.59 Å². The predicted molar refractivity (Wildman–Crippen MR) is 78.7 cm³/mol. The second-order valence-electron chi connectivity index (χ2n) is 4.54. The van der Waals surface area contributed by atoms with Gasteiger partial charge in [-0.2, -0.15) is 0 Å². The van der Waals surface area contributed by atoms with E-state index in [2.05, 4.69) is 4.74 Å². The fourth-order valence-corrected chi connectivity index (χ4v) is 1.99. The Labute approximate surface area is 122 Å². The van der Waals surface area contributed by atoms with Gasteiger partial charge in [-0.1, -0.05) is 12.1 Å². The van der Waals surface area contributed by atoms with E-state index in [1.54, 1.807) is 7.11 Å². The van der Waals surface area contributed by atoms with E-state index in [0.29, 0.717) is 18.5 Å². The maximum absolute atomic E-state index is 11.8. The highest BCUT2D eigenvalue weighted by molar-refractivity contribution is 5.88. The standard InChI is InChI=1S/C16H17NO4/c1-20-14-6-3-12(4-7-14)9-10-17-11-13(16(19)21-2)5-8-15(17)18/h3-8,11H,9-10H2,1-2H3. The number of carbonyl (C=O) groups is 1. The molecular weight excluding hydrogens is 270 g/mol. The van der Waals surface area contributed by atoms with Gasteiger partial charge < -0.3 is 14.0 Å². The fraction of sp³-hybridized carbons (Fsp3) is 0.250. The van der Waals surface area contributed by atoms with E-state index in [1.807, 2.05) is 24.3 Å². The number of aryl methyl sites for hydroxylation is 2. The molecule has 5 heteroatoms. The molecule has 0 unspecified atom stereocenters. The SMILES string of the molecule is COC(=O)c1ccc(=O)n(CCc2ccc(OC)cc2)c1. The molecule has 0 atom stereocenters. The Morgan fingerprint density at radius 2 is 1.81 bits per heavy atom. The van der Waals surface area contributed by atoms with Gasteiger partial charge in [-0.25, -0.2) is 4.79 Å². The lowest BCUT2D eigenvalue weighted by Gasteiger charge is -2.08. The number of hydrogen-bond donors (Lipinski definition) is 0. The topological polar surface area (TPSA) is 57.5 Å². The molecule has 0 aliphatic carbocycles. The molecule has 21 heavy (non-hydrogen) atoms. The molecule has 0 spiro atoms. The van der Waals surface area contributed by atoms with Crippen LogP contribution in [0, 0.1) is 0 Å². The zero-order valence-electron chi connectivity index (χ0n) is 12.0. The van der Waals surface area contributed by atoms with Gasteiger partial charge in [0.25, 0.3) is 5.56 Å². The van der Waals surface area contributed by atoms with Gasteiger partial charge in [-0.15, -0.1) is 0 Å². The average Bonchev–Trinajstić information content (AvgIpc) is 2.53. The third-order valence-corrected chi connectivity index (χ3v) is 3.21. The molecule has 0 fully saturated rings. The van der Waals surface area contributed by atoms with Crippen molar-refractivity contribution in [2.24, 2.45) is 0 Å². The molecule has 110 valence electrons. The summed E-state index contributed by atoms with van der Waals surface area (Å²) in [5.74, 6) is 0.344. The highest BCUT2D eigenvalue weighted by Crippen LogP contribution is 2.12. The van der Waals surface area contributed by atoms with Crippen molar-refractivity contribution in [2.75, 3.05) is 14.2 Å². The summed E-state index contributed by atoms with van der Waals surface area (Å²) in [4.78, 5) is 23.3. The normalized spacial score (nSPS) is 10.2. The van der Waals surface area contributed by atoms with E-state index in [0.717, 1.165) is 11.3 Å². The number of methoxy groups -OCH3 is 2. The van der Waals surface area contributed by atoms with Gasteiger partial charge in [0, 0.05) is 18.8 Å². The minimum Gasteiger partial charge on any atom is -0.497 e. The molecule has 2 aromatic rings. The van der Waals surface area contributed by atoms with Crippen LogP contribution in [0.3, 0.4) is 0 Å². The van der Waals surface area contributed by atoms with Crippen LogP contribution in [0.1, 0.15) is 15.9 Å². The molecule has 0 saturated carbocycles. The molecule has 0 saturated heterocycles. The second kappa shape index (κ2) is 6.74. The highest BCUT2D eigenvalue weighted by atomic mass is 16.5. The Bertz CT molecular complexity index is 673. The number of ether oxygens (including phenoxy) is 2. The number of rotatable bonds is 5.